The van der Waals surface area contributed by atoms with Crippen LogP contribution in [0, 0.1) is 6.92 Å². The number of carboxylic acids is 1. The molecule has 0 spiro atoms. The molecule has 0 fully saturated rings. The van der Waals surface area contributed by atoms with E-state index in [1.807, 2.05) is 6.92 Å². The standard InChI is InChI=1S/C31H31Cl2N3O7S/c1-17(2)42-31(40)34-16-21-14-23(10-6-19(21)7-11-27(37)38)41-13-12-25-18(3)43-30(36-25)20-4-8-22(9-5-20)35-29(39)24-15-26(32)44-28(24)33/h4-6,8-10,14-15,17H,7,11-13,16H2,1-3H3,(H,34,40)(H,35,39)(H,37,38). The van der Waals surface area contributed by atoms with Crippen molar-refractivity contribution in [2.24, 2.45) is 0 Å². The van der Waals surface area contributed by atoms with Crippen LogP contribution in [0.2, 0.25) is 8.67 Å². The Morgan fingerprint density at radius 1 is 1.05 bits per heavy atom. The molecule has 10 nitrogen and oxygen atoms in total. The van der Waals surface area contributed by atoms with Crippen LogP contribution in [0.4, 0.5) is 10.5 Å². The third-order valence-electron chi connectivity index (χ3n) is 6.34. The Labute approximate surface area is 268 Å². The van der Waals surface area contributed by atoms with Gasteiger partial charge in [0.15, 0.2) is 0 Å². The molecule has 4 rings (SSSR count). The lowest BCUT2D eigenvalue weighted by molar-refractivity contribution is -0.136. The zero-order chi connectivity index (χ0) is 31.8. The van der Waals surface area contributed by atoms with Crippen LogP contribution in [0.1, 0.15) is 53.2 Å². The summed E-state index contributed by atoms with van der Waals surface area (Å²) in [5, 5.41) is 14.6. The number of nitrogens with one attached hydrogen (secondary N) is 2. The summed E-state index contributed by atoms with van der Waals surface area (Å²) in [6, 6.07) is 14.0. The van der Waals surface area contributed by atoms with Crippen molar-refractivity contribution < 1.29 is 33.4 Å². The normalized spacial score (nSPS) is 11.0. The fraction of sp³-hybridized carbons (Fsp3) is 0.290. The third kappa shape index (κ3) is 9.22. The van der Waals surface area contributed by atoms with Gasteiger partial charge in [-0.05, 0) is 80.8 Å². The molecule has 2 heterocycles. The molecule has 0 saturated carbocycles. The van der Waals surface area contributed by atoms with E-state index < -0.39 is 12.1 Å². The van der Waals surface area contributed by atoms with Crippen molar-refractivity contribution in [3.63, 3.8) is 0 Å². The molecule has 0 bridgehead atoms. The molecule has 3 N–H and O–H groups in total. The summed E-state index contributed by atoms with van der Waals surface area (Å²) < 4.78 is 17.7. The Morgan fingerprint density at radius 2 is 1.80 bits per heavy atom. The first kappa shape index (κ1) is 32.8. The highest BCUT2D eigenvalue weighted by atomic mass is 35.5. The average Bonchev–Trinajstić information content (AvgIpc) is 3.51. The second-order valence-corrected chi connectivity index (χ2v) is 12.3. The van der Waals surface area contributed by atoms with Crippen molar-refractivity contribution in [3.8, 4) is 17.2 Å². The van der Waals surface area contributed by atoms with E-state index in [1.54, 1.807) is 56.3 Å². The van der Waals surface area contributed by atoms with Gasteiger partial charge < -0.3 is 29.6 Å². The molecule has 0 atom stereocenters. The molecule has 0 aliphatic heterocycles. The summed E-state index contributed by atoms with van der Waals surface area (Å²) in [5.74, 6) is 0.406. The van der Waals surface area contributed by atoms with E-state index in [1.165, 1.54) is 6.07 Å². The van der Waals surface area contributed by atoms with Crippen LogP contribution in [-0.4, -0.2) is 40.8 Å². The van der Waals surface area contributed by atoms with Crippen LogP contribution in [0.25, 0.3) is 11.5 Å². The minimum Gasteiger partial charge on any atom is -0.493 e. The summed E-state index contributed by atoms with van der Waals surface area (Å²) in [4.78, 5) is 40.2. The van der Waals surface area contributed by atoms with Gasteiger partial charge in [0.1, 0.15) is 15.8 Å². The molecule has 0 saturated heterocycles. The second kappa shape index (κ2) is 15.1. The quantitative estimate of drug-likeness (QED) is 0.134. The molecule has 13 heteroatoms. The maximum Gasteiger partial charge on any atom is 0.407 e. The lowest BCUT2D eigenvalue weighted by Crippen LogP contribution is -2.26. The minimum absolute atomic E-state index is 0.0336. The molecule has 4 aromatic rings. The number of carboxylic acid groups (broad SMARTS) is 1. The SMILES string of the molecule is Cc1oc(-c2ccc(NC(=O)c3cc(Cl)sc3Cl)cc2)nc1CCOc1ccc(CCC(=O)O)c(CNC(=O)OC(C)C)c1. The number of rotatable bonds is 13. The number of aromatic nitrogens is 1. The number of halogens is 2. The van der Waals surface area contributed by atoms with Gasteiger partial charge in [0, 0.05) is 30.6 Å². The smallest absolute Gasteiger partial charge is 0.407 e. The van der Waals surface area contributed by atoms with Crippen molar-refractivity contribution in [1.82, 2.24) is 10.3 Å². The number of aliphatic carboxylic acids is 1. The summed E-state index contributed by atoms with van der Waals surface area (Å²) in [7, 11) is 0. The van der Waals surface area contributed by atoms with Crippen LogP contribution in [-0.2, 0) is 28.9 Å². The predicted molar refractivity (Wildman–Crippen MR) is 169 cm³/mol. The number of anilines is 1. The molecule has 0 aliphatic carbocycles. The number of benzene rings is 2. The highest BCUT2D eigenvalue weighted by Gasteiger charge is 2.16. The minimum atomic E-state index is -0.904. The number of aryl methyl sites for hydroxylation is 2. The number of ether oxygens (including phenoxy) is 2. The Morgan fingerprint density at radius 3 is 2.45 bits per heavy atom. The van der Waals surface area contributed by atoms with Gasteiger partial charge >= 0.3 is 12.1 Å². The van der Waals surface area contributed by atoms with Crippen LogP contribution >= 0.6 is 34.5 Å². The molecule has 44 heavy (non-hydrogen) atoms. The summed E-state index contributed by atoms with van der Waals surface area (Å²) >= 11 is 13.1. The zero-order valence-corrected chi connectivity index (χ0v) is 26.6. The van der Waals surface area contributed by atoms with E-state index in [9.17, 15) is 14.4 Å². The van der Waals surface area contributed by atoms with Gasteiger partial charge in [0.25, 0.3) is 5.91 Å². The Balaban J connectivity index is 1.36. The summed E-state index contributed by atoms with van der Waals surface area (Å²) in [6.07, 6.45) is -0.0595. The van der Waals surface area contributed by atoms with Crippen molar-refractivity contribution in [1.29, 1.82) is 0 Å². The van der Waals surface area contributed by atoms with Crippen LogP contribution in [0.15, 0.2) is 52.9 Å². The molecule has 0 radical (unpaired) electrons. The fourth-order valence-electron chi connectivity index (χ4n) is 4.20. The predicted octanol–water partition coefficient (Wildman–Crippen LogP) is 7.54. The number of alkyl carbamates (subject to hydrolysis) is 1. The maximum absolute atomic E-state index is 12.5. The van der Waals surface area contributed by atoms with E-state index >= 15 is 0 Å². The van der Waals surface area contributed by atoms with Gasteiger partial charge in [-0.2, -0.15) is 0 Å². The molecule has 2 aromatic carbocycles. The number of thiophene rings is 1. The monoisotopic (exact) mass is 659 g/mol. The summed E-state index contributed by atoms with van der Waals surface area (Å²) in [6.45, 7) is 5.81. The van der Waals surface area contributed by atoms with Crippen LogP contribution in [0.3, 0.4) is 0 Å². The molecule has 232 valence electrons. The Kier molecular flexibility index (Phi) is 11.3. The van der Waals surface area contributed by atoms with Gasteiger partial charge in [-0.3, -0.25) is 9.59 Å². The number of hydrogen-bond acceptors (Lipinski definition) is 8. The molecular weight excluding hydrogens is 629 g/mol. The van der Waals surface area contributed by atoms with E-state index in [-0.39, 0.29) is 25.0 Å². The highest BCUT2D eigenvalue weighted by molar-refractivity contribution is 7.20. The molecular formula is C31H31Cl2N3O7S. The van der Waals surface area contributed by atoms with Gasteiger partial charge in [-0.1, -0.05) is 29.3 Å². The number of oxazole rings is 1. The average molecular weight is 661 g/mol. The number of amides is 2. The second-order valence-electron chi connectivity index (χ2n) is 10.0. The first-order chi connectivity index (χ1) is 21.0. The lowest BCUT2D eigenvalue weighted by atomic mass is 10.0. The fourth-order valence-corrected chi connectivity index (χ4v) is 5.66. The first-order valence-corrected chi connectivity index (χ1v) is 15.3. The molecule has 0 aliphatic rings. The number of carbonyl (C=O) groups excluding carboxylic acids is 2. The van der Waals surface area contributed by atoms with Crippen molar-refractivity contribution in [2.75, 3.05) is 11.9 Å². The van der Waals surface area contributed by atoms with Crippen LogP contribution < -0.4 is 15.4 Å². The van der Waals surface area contributed by atoms with Gasteiger partial charge in [-0.15, -0.1) is 11.3 Å². The Hall–Kier alpha value is -4.06. The van der Waals surface area contributed by atoms with E-state index in [4.69, 9.17) is 42.2 Å². The maximum atomic E-state index is 12.5. The largest absolute Gasteiger partial charge is 0.493 e. The topological polar surface area (TPSA) is 140 Å². The van der Waals surface area contributed by atoms with Crippen molar-refractivity contribution in [2.45, 2.75) is 52.7 Å². The summed E-state index contributed by atoms with van der Waals surface area (Å²) in [5.41, 5.74) is 3.90. The lowest BCUT2D eigenvalue weighted by Gasteiger charge is -2.14. The van der Waals surface area contributed by atoms with Crippen LogP contribution in [0.5, 0.6) is 5.75 Å². The number of hydrogen-bond donors (Lipinski definition) is 3. The third-order valence-corrected chi connectivity index (χ3v) is 7.83. The molecule has 2 aromatic heterocycles. The number of carbonyl (C=O) groups is 3. The van der Waals surface area contributed by atoms with E-state index in [0.29, 0.717) is 56.8 Å². The van der Waals surface area contributed by atoms with Crippen molar-refractivity contribution in [3.05, 3.63) is 85.3 Å². The van der Waals surface area contributed by atoms with Gasteiger partial charge in [0.05, 0.1) is 28.3 Å². The first-order valence-electron chi connectivity index (χ1n) is 13.7. The zero-order valence-electron chi connectivity index (χ0n) is 24.2. The Bertz CT molecular complexity index is 1630. The molecule has 0 unspecified atom stereocenters. The van der Waals surface area contributed by atoms with Gasteiger partial charge in [0.2, 0.25) is 5.89 Å². The van der Waals surface area contributed by atoms with Crippen molar-refractivity contribution >= 4 is 58.2 Å². The number of nitrogens with zero attached hydrogens (tertiary/aromatic N) is 1. The van der Waals surface area contributed by atoms with E-state index in [0.717, 1.165) is 33.7 Å². The van der Waals surface area contributed by atoms with Gasteiger partial charge in [-0.25, -0.2) is 9.78 Å². The highest BCUT2D eigenvalue weighted by Crippen LogP contribution is 2.32. The van der Waals surface area contributed by atoms with E-state index in [2.05, 4.69) is 15.6 Å². The molecule has 2 amide bonds.